The molecule has 1 aromatic carbocycles. The third-order valence-corrected chi connectivity index (χ3v) is 3.14. The van der Waals surface area contributed by atoms with Crippen LogP contribution in [0.3, 0.4) is 0 Å². The van der Waals surface area contributed by atoms with Crippen LogP contribution in [0, 0.1) is 11.2 Å². The van der Waals surface area contributed by atoms with Gasteiger partial charge in [0.2, 0.25) is 0 Å². The number of hydrogen-bond acceptors (Lipinski definition) is 3. The summed E-state index contributed by atoms with van der Waals surface area (Å²) in [4.78, 5) is 23.5. The molecule has 6 heteroatoms. The van der Waals surface area contributed by atoms with Crippen molar-refractivity contribution in [3.8, 4) is 0 Å². The first kappa shape index (κ1) is 17.9. The third-order valence-electron chi connectivity index (χ3n) is 3.14. The molecule has 0 bridgehead atoms. The van der Waals surface area contributed by atoms with Crippen molar-refractivity contribution in [1.29, 1.82) is 0 Å². The molecule has 1 unspecified atom stereocenters. The minimum Gasteiger partial charge on any atom is -0.481 e. The number of carbonyl (C=O) groups excluding carboxylic acids is 1. The minimum absolute atomic E-state index is 0.437. The van der Waals surface area contributed by atoms with Crippen LogP contribution in [-0.2, 0) is 9.53 Å². The monoisotopic (exact) mass is 311 g/mol. The summed E-state index contributed by atoms with van der Waals surface area (Å²) in [6, 6.07) is 4.47. The summed E-state index contributed by atoms with van der Waals surface area (Å²) in [5.74, 6) is -1.52. The Morgan fingerprint density at radius 1 is 1.14 bits per heavy atom. The maximum absolute atomic E-state index is 13.1. The van der Waals surface area contributed by atoms with Crippen molar-refractivity contribution in [2.75, 3.05) is 0 Å². The first-order valence-corrected chi connectivity index (χ1v) is 6.92. The number of amides is 1. The molecule has 0 saturated heterocycles. The Morgan fingerprint density at radius 2 is 1.64 bits per heavy atom. The number of carbonyl (C=O) groups is 2. The lowest BCUT2D eigenvalue weighted by atomic mass is 9.80. The highest BCUT2D eigenvalue weighted by molar-refractivity contribution is 5.77. The lowest BCUT2D eigenvalue weighted by Crippen LogP contribution is -2.44. The van der Waals surface area contributed by atoms with E-state index in [1.165, 1.54) is 38.1 Å². The van der Waals surface area contributed by atoms with E-state index in [0.29, 0.717) is 5.56 Å². The van der Waals surface area contributed by atoms with Crippen LogP contribution in [0.25, 0.3) is 0 Å². The van der Waals surface area contributed by atoms with Gasteiger partial charge in [-0.3, -0.25) is 4.79 Å². The Morgan fingerprint density at radius 3 is 2.05 bits per heavy atom. The van der Waals surface area contributed by atoms with Crippen molar-refractivity contribution in [2.24, 2.45) is 5.41 Å². The van der Waals surface area contributed by atoms with Gasteiger partial charge in [0.05, 0.1) is 11.5 Å². The Kier molecular flexibility index (Phi) is 5.17. The van der Waals surface area contributed by atoms with Gasteiger partial charge in [0, 0.05) is 0 Å². The fraction of sp³-hybridized carbons (Fsp3) is 0.500. The molecule has 0 fully saturated rings. The molecule has 0 aliphatic carbocycles. The molecule has 0 aliphatic heterocycles. The van der Waals surface area contributed by atoms with Crippen molar-refractivity contribution < 1.29 is 23.8 Å². The van der Waals surface area contributed by atoms with E-state index < -0.39 is 34.9 Å². The normalized spacial score (nSPS) is 13.4. The van der Waals surface area contributed by atoms with Gasteiger partial charge >= 0.3 is 12.1 Å². The van der Waals surface area contributed by atoms with Crippen LogP contribution in [0.15, 0.2) is 24.3 Å². The van der Waals surface area contributed by atoms with Crippen molar-refractivity contribution in [1.82, 2.24) is 5.32 Å². The smallest absolute Gasteiger partial charge is 0.408 e. The summed E-state index contributed by atoms with van der Waals surface area (Å²) < 4.78 is 18.2. The lowest BCUT2D eigenvalue weighted by Gasteiger charge is -2.32. The minimum atomic E-state index is -1.30. The molecular formula is C16H22FNO4. The van der Waals surface area contributed by atoms with Crippen molar-refractivity contribution in [3.63, 3.8) is 0 Å². The molecule has 1 rings (SSSR count). The van der Waals surface area contributed by atoms with E-state index in [2.05, 4.69) is 5.32 Å². The third kappa shape index (κ3) is 4.72. The van der Waals surface area contributed by atoms with Crippen LogP contribution in [0.2, 0.25) is 0 Å². The van der Waals surface area contributed by atoms with Gasteiger partial charge in [0.1, 0.15) is 11.4 Å². The number of ether oxygens (including phenoxy) is 1. The second kappa shape index (κ2) is 6.34. The summed E-state index contributed by atoms with van der Waals surface area (Å²) in [6.07, 6.45) is -0.726. The van der Waals surface area contributed by atoms with Gasteiger partial charge in [-0.25, -0.2) is 9.18 Å². The van der Waals surface area contributed by atoms with Gasteiger partial charge in [0.15, 0.2) is 0 Å². The first-order valence-electron chi connectivity index (χ1n) is 6.92. The number of rotatable bonds is 4. The number of benzene rings is 1. The average Bonchev–Trinajstić information content (AvgIpc) is 2.34. The zero-order valence-electron chi connectivity index (χ0n) is 13.4. The zero-order valence-corrected chi connectivity index (χ0v) is 13.4. The number of carboxylic acids is 1. The Hall–Kier alpha value is -2.11. The van der Waals surface area contributed by atoms with E-state index in [-0.39, 0.29) is 0 Å². The van der Waals surface area contributed by atoms with Gasteiger partial charge in [-0.05, 0) is 52.3 Å². The molecule has 0 heterocycles. The van der Waals surface area contributed by atoms with Crippen molar-refractivity contribution in [2.45, 2.75) is 46.3 Å². The lowest BCUT2D eigenvalue weighted by molar-refractivity contribution is -0.148. The van der Waals surface area contributed by atoms with Gasteiger partial charge in [0.25, 0.3) is 0 Å². The van der Waals surface area contributed by atoms with Crippen LogP contribution in [0.4, 0.5) is 9.18 Å². The number of halogens is 1. The second-order valence-electron chi connectivity index (χ2n) is 6.66. The summed E-state index contributed by atoms with van der Waals surface area (Å²) in [5.41, 5.74) is -1.51. The zero-order chi connectivity index (χ0) is 17.1. The fourth-order valence-electron chi connectivity index (χ4n) is 1.88. The molecule has 0 aliphatic rings. The van der Waals surface area contributed by atoms with Crippen molar-refractivity contribution >= 4 is 12.1 Å². The standard InChI is InChI=1S/C16H22FNO4/c1-15(2,3)22-14(21)18-12(16(4,5)13(19)20)10-6-8-11(17)9-7-10/h6-9,12H,1-5H3,(H,18,21)(H,19,20). The van der Waals surface area contributed by atoms with Crippen LogP contribution in [0.1, 0.15) is 46.2 Å². The number of carboxylic acid groups (broad SMARTS) is 1. The molecule has 122 valence electrons. The fourth-order valence-corrected chi connectivity index (χ4v) is 1.88. The van der Waals surface area contributed by atoms with E-state index in [9.17, 15) is 19.1 Å². The Bertz CT molecular complexity index is 546. The molecule has 2 N–H and O–H groups in total. The van der Waals surface area contributed by atoms with Gasteiger partial charge in [-0.1, -0.05) is 12.1 Å². The molecule has 1 aromatic rings. The first-order chi connectivity index (χ1) is 9.93. The maximum Gasteiger partial charge on any atom is 0.408 e. The highest BCUT2D eigenvalue weighted by Gasteiger charge is 2.39. The van der Waals surface area contributed by atoms with E-state index in [1.807, 2.05) is 0 Å². The van der Waals surface area contributed by atoms with Crippen LogP contribution < -0.4 is 5.32 Å². The van der Waals surface area contributed by atoms with Gasteiger partial charge in [-0.15, -0.1) is 0 Å². The predicted molar refractivity (Wildman–Crippen MR) is 79.9 cm³/mol. The quantitative estimate of drug-likeness (QED) is 0.892. The molecule has 5 nitrogen and oxygen atoms in total. The van der Waals surface area contributed by atoms with E-state index in [1.54, 1.807) is 20.8 Å². The number of alkyl carbamates (subject to hydrolysis) is 1. The molecule has 0 saturated carbocycles. The molecule has 1 atom stereocenters. The topological polar surface area (TPSA) is 75.6 Å². The molecular weight excluding hydrogens is 289 g/mol. The Balaban J connectivity index is 3.10. The predicted octanol–water partition coefficient (Wildman–Crippen LogP) is 3.50. The van der Waals surface area contributed by atoms with Crippen LogP contribution in [0.5, 0.6) is 0 Å². The van der Waals surface area contributed by atoms with Gasteiger partial charge in [-0.2, -0.15) is 0 Å². The number of hydrogen-bond donors (Lipinski definition) is 2. The molecule has 0 radical (unpaired) electrons. The highest BCUT2D eigenvalue weighted by Crippen LogP contribution is 2.34. The van der Waals surface area contributed by atoms with Gasteiger partial charge < -0.3 is 15.2 Å². The number of nitrogens with one attached hydrogen (secondary N) is 1. The maximum atomic E-state index is 13.1. The second-order valence-corrected chi connectivity index (χ2v) is 6.66. The summed E-state index contributed by atoms with van der Waals surface area (Å²) >= 11 is 0. The molecule has 0 spiro atoms. The highest BCUT2D eigenvalue weighted by atomic mass is 19.1. The summed E-state index contributed by atoms with van der Waals surface area (Å²) in [5, 5.41) is 12.0. The average molecular weight is 311 g/mol. The molecule has 0 aromatic heterocycles. The van der Waals surface area contributed by atoms with Crippen LogP contribution >= 0.6 is 0 Å². The number of aliphatic carboxylic acids is 1. The van der Waals surface area contributed by atoms with E-state index in [0.717, 1.165) is 0 Å². The van der Waals surface area contributed by atoms with E-state index >= 15 is 0 Å². The Labute approximate surface area is 129 Å². The largest absolute Gasteiger partial charge is 0.481 e. The van der Waals surface area contributed by atoms with Crippen LogP contribution in [-0.4, -0.2) is 22.8 Å². The molecule has 22 heavy (non-hydrogen) atoms. The SMILES string of the molecule is CC(C)(C)OC(=O)NC(c1ccc(F)cc1)C(C)(C)C(=O)O. The summed E-state index contributed by atoms with van der Waals surface area (Å²) in [6.45, 7) is 8.10. The van der Waals surface area contributed by atoms with Crippen molar-refractivity contribution in [3.05, 3.63) is 35.6 Å². The summed E-state index contributed by atoms with van der Waals surface area (Å²) in [7, 11) is 0. The van der Waals surface area contributed by atoms with E-state index in [4.69, 9.17) is 4.74 Å². The molecule has 1 amide bonds.